The van der Waals surface area contributed by atoms with Crippen LogP contribution in [0.15, 0.2) is 46.9 Å². The van der Waals surface area contributed by atoms with Crippen LogP contribution in [0.1, 0.15) is 11.1 Å². The lowest BCUT2D eigenvalue weighted by Gasteiger charge is -2.21. The molecule has 0 aliphatic carbocycles. The van der Waals surface area contributed by atoms with Gasteiger partial charge in [-0.3, -0.25) is 0 Å². The van der Waals surface area contributed by atoms with Crippen molar-refractivity contribution in [3.8, 4) is 6.07 Å². The zero-order chi connectivity index (χ0) is 13.8. The fraction of sp³-hybridized carbons (Fsp3) is 0.133. The van der Waals surface area contributed by atoms with Gasteiger partial charge < -0.3 is 4.90 Å². The Morgan fingerprint density at radius 2 is 1.89 bits per heavy atom. The normalized spacial score (nSPS) is 10.0. The standard InChI is InChI=1S/C15H12BrClN2/c1-19(13-5-2-11(10-18)3-6-13)15-7-4-12(9-17)8-14(15)16/h2-8H,9H2,1H3. The fourth-order valence-electron chi connectivity index (χ4n) is 1.80. The molecule has 0 fully saturated rings. The van der Waals surface area contributed by atoms with Crippen molar-refractivity contribution in [3.05, 3.63) is 58.1 Å². The minimum atomic E-state index is 0.499. The molecule has 0 bridgehead atoms. The van der Waals surface area contributed by atoms with E-state index >= 15 is 0 Å². The van der Waals surface area contributed by atoms with E-state index in [9.17, 15) is 0 Å². The number of nitriles is 1. The Morgan fingerprint density at radius 3 is 2.42 bits per heavy atom. The maximum absolute atomic E-state index is 8.80. The van der Waals surface area contributed by atoms with Crippen LogP contribution in [-0.4, -0.2) is 7.05 Å². The molecule has 19 heavy (non-hydrogen) atoms. The highest BCUT2D eigenvalue weighted by molar-refractivity contribution is 9.10. The second-order valence-corrected chi connectivity index (χ2v) is 5.26. The van der Waals surface area contributed by atoms with Crippen LogP contribution in [0.25, 0.3) is 0 Å². The molecule has 0 saturated heterocycles. The second-order valence-electron chi connectivity index (χ2n) is 4.14. The highest BCUT2D eigenvalue weighted by Gasteiger charge is 2.08. The van der Waals surface area contributed by atoms with Gasteiger partial charge in [0.05, 0.1) is 17.3 Å². The van der Waals surface area contributed by atoms with Gasteiger partial charge in [0.2, 0.25) is 0 Å². The maximum Gasteiger partial charge on any atom is 0.0991 e. The van der Waals surface area contributed by atoms with Crippen molar-refractivity contribution in [2.75, 3.05) is 11.9 Å². The molecule has 0 N–H and O–H groups in total. The number of anilines is 2. The van der Waals surface area contributed by atoms with Crippen LogP contribution in [-0.2, 0) is 5.88 Å². The molecule has 96 valence electrons. The average Bonchev–Trinajstić information content (AvgIpc) is 2.46. The zero-order valence-corrected chi connectivity index (χ0v) is 12.7. The quantitative estimate of drug-likeness (QED) is 0.751. The van der Waals surface area contributed by atoms with Crippen molar-refractivity contribution in [2.45, 2.75) is 5.88 Å². The second kappa shape index (κ2) is 6.10. The van der Waals surface area contributed by atoms with Gasteiger partial charge in [-0.25, -0.2) is 0 Å². The van der Waals surface area contributed by atoms with E-state index in [2.05, 4.69) is 26.9 Å². The molecule has 2 aromatic carbocycles. The van der Waals surface area contributed by atoms with Crippen molar-refractivity contribution in [1.82, 2.24) is 0 Å². The third-order valence-electron chi connectivity index (χ3n) is 2.91. The van der Waals surface area contributed by atoms with Crippen LogP contribution >= 0.6 is 27.5 Å². The largest absolute Gasteiger partial charge is 0.344 e. The lowest BCUT2D eigenvalue weighted by Crippen LogP contribution is -2.10. The van der Waals surface area contributed by atoms with Gasteiger partial charge in [-0.05, 0) is 57.9 Å². The Hall–Kier alpha value is -1.50. The van der Waals surface area contributed by atoms with E-state index in [1.54, 1.807) is 0 Å². The smallest absolute Gasteiger partial charge is 0.0991 e. The number of rotatable bonds is 3. The molecule has 0 unspecified atom stereocenters. The molecule has 0 heterocycles. The first kappa shape index (κ1) is 13.9. The molecule has 2 nitrogen and oxygen atoms in total. The first-order chi connectivity index (χ1) is 9.15. The SMILES string of the molecule is CN(c1ccc(C#N)cc1)c1ccc(CCl)cc1Br. The molecule has 0 amide bonds. The maximum atomic E-state index is 8.80. The summed E-state index contributed by atoms with van der Waals surface area (Å²) in [5.74, 6) is 0.499. The fourth-order valence-corrected chi connectivity index (χ4v) is 2.66. The molecular weight excluding hydrogens is 324 g/mol. The Balaban J connectivity index is 2.32. The third kappa shape index (κ3) is 3.09. The number of benzene rings is 2. The van der Waals surface area contributed by atoms with E-state index in [1.165, 1.54) is 0 Å². The predicted molar refractivity (Wildman–Crippen MR) is 82.9 cm³/mol. The van der Waals surface area contributed by atoms with Gasteiger partial charge in [0, 0.05) is 23.1 Å². The molecule has 0 aliphatic rings. The minimum absolute atomic E-state index is 0.499. The molecule has 0 saturated carbocycles. The van der Waals surface area contributed by atoms with Gasteiger partial charge in [0.1, 0.15) is 0 Å². The van der Waals surface area contributed by atoms with Crippen LogP contribution in [0.3, 0.4) is 0 Å². The van der Waals surface area contributed by atoms with E-state index in [1.807, 2.05) is 49.5 Å². The number of hydrogen-bond acceptors (Lipinski definition) is 2. The van der Waals surface area contributed by atoms with Crippen LogP contribution in [0.5, 0.6) is 0 Å². The molecule has 2 rings (SSSR count). The van der Waals surface area contributed by atoms with Gasteiger partial charge in [0.25, 0.3) is 0 Å². The Bertz CT molecular complexity index is 617. The molecule has 0 atom stereocenters. The average molecular weight is 336 g/mol. The summed E-state index contributed by atoms with van der Waals surface area (Å²) in [6.07, 6.45) is 0. The first-order valence-corrected chi connectivity index (χ1v) is 7.06. The number of hydrogen-bond donors (Lipinski definition) is 0. The highest BCUT2D eigenvalue weighted by atomic mass is 79.9. The van der Waals surface area contributed by atoms with Crippen molar-refractivity contribution >= 4 is 38.9 Å². The van der Waals surface area contributed by atoms with E-state index in [4.69, 9.17) is 16.9 Å². The number of halogens is 2. The van der Waals surface area contributed by atoms with Crippen LogP contribution < -0.4 is 4.90 Å². The summed E-state index contributed by atoms with van der Waals surface area (Å²) in [5, 5.41) is 8.80. The van der Waals surface area contributed by atoms with Crippen LogP contribution in [0, 0.1) is 11.3 Å². The summed E-state index contributed by atoms with van der Waals surface area (Å²) in [5.41, 5.74) is 3.82. The summed E-state index contributed by atoms with van der Waals surface area (Å²) >= 11 is 9.38. The molecule has 0 aromatic heterocycles. The Labute approximate surface area is 126 Å². The van der Waals surface area contributed by atoms with Crippen molar-refractivity contribution < 1.29 is 0 Å². The minimum Gasteiger partial charge on any atom is -0.344 e. The van der Waals surface area contributed by atoms with Gasteiger partial charge in [0.15, 0.2) is 0 Å². The molecular formula is C15H12BrClN2. The van der Waals surface area contributed by atoms with Crippen LogP contribution in [0.2, 0.25) is 0 Å². The van der Waals surface area contributed by atoms with E-state index in [0.29, 0.717) is 11.4 Å². The number of nitrogens with zero attached hydrogens (tertiary/aromatic N) is 2. The third-order valence-corrected chi connectivity index (χ3v) is 3.86. The Morgan fingerprint density at radius 1 is 1.21 bits per heavy atom. The monoisotopic (exact) mass is 334 g/mol. The summed E-state index contributed by atoms with van der Waals surface area (Å²) in [6, 6.07) is 15.7. The van der Waals surface area contributed by atoms with Gasteiger partial charge in [-0.15, -0.1) is 11.6 Å². The van der Waals surface area contributed by atoms with E-state index in [-0.39, 0.29) is 0 Å². The van der Waals surface area contributed by atoms with Gasteiger partial charge >= 0.3 is 0 Å². The van der Waals surface area contributed by atoms with Gasteiger partial charge in [-0.1, -0.05) is 6.07 Å². The van der Waals surface area contributed by atoms with Crippen molar-refractivity contribution in [2.24, 2.45) is 0 Å². The molecule has 4 heteroatoms. The summed E-state index contributed by atoms with van der Waals surface area (Å²) in [6.45, 7) is 0. The van der Waals surface area contributed by atoms with E-state index < -0.39 is 0 Å². The molecule has 0 radical (unpaired) electrons. The number of alkyl halides is 1. The summed E-state index contributed by atoms with van der Waals surface area (Å²) < 4.78 is 0.998. The zero-order valence-electron chi connectivity index (χ0n) is 10.4. The van der Waals surface area contributed by atoms with Gasteiger partial charge in [-0.2, -0.15) is 5.26 Å². The lowest BCUT2D eigenvalue weighted by molar-refractivity contribution is 1.19. The van der Waals surface area contributed by atoms with Crippen molar-refractivity contribution in [1.29, 1.82) is 5.26 Å². The predicted octanol–water partition coefficient (Wildman–Crippen LogP) is 4.83. The molecule has 2 aromatic rings. The Kier molecular flexibility index (Phi) is 4.47. The van der Waals surface area contributed by atoms with Crippen LogP contribution in [0.4, 0.5) is 11.4 Å². The first-order valence-electron chi connectivity index (χ1n) is 5.74. The molecule has 0 aliphatic heterocycles. The topological polar surface area (TPSA) is 27.0 Å². The summed E-state index contributed by atoms with van der Waals surface area (Å²) in [7, 11) is 1.99. The van der Waals surface area contributed by atoms with E-state index in [0.717, 1.165) is 21.4 Å². The lowest BCUT2D eigenvalue weighted by atomic mass is 10.2. The molecule has 0 spiro atoms. The summed E-state index contributed by atoms with van der Waals surface area (Å²) in [4.78, 5) is 2.06. The van der Waals surface area contributed by atoms with Crippen molar-refractivity contribution in [3.63, 3.8) is 0 Å². The highest BCUT2D eigenvalue weighted by Crippen LogP contribution is 2.32.